The first-order chi connectivity index (χ1) is 9.72. The molecule has 0 bridgehead atoms. The van der Waals surface area contributed by atoms with Crippen molar-refractivity contribution in [3.05, 3.63) is 66.7 Å². The molecule has 0 aliphatic heterocycles. The molecule has 1 nitrogen and oxygen atoms in total. The van der Waals surface area contributed by atoms with E-state index in [0.717, 1.165) is 21.9 Å². The average Bonchev–Trinajstić information content (AvgIpc) is 2.46. The monoisotopic (exact) mass is 270 g/mol. The van der Waals surface area contributed by atoms with Crippen LogP contribution in [0.2, 0.25) is 0 Å². The Kier molecular flexibility index (Phi) is 3.33. The maximum Gasteiger partial charge on any atom is 0.387 e. The Morgan fingerprint density at radius 3 is 2.25 bits per heavy atom. The maximum atomic E-state index is 12.2. The minimum atomic E-state index is -2.80. The molecule has 0 fully saturated rings. The van der Waals surface area contributed by atoms with Crippen LogP contribution in [0.1, 0.15) is 0 Å². The number of ether oxygens (including phenoxy) is 1. The van der Waals surface area contributed by atoms with E-state index in [1.165, 1.54) is 6.07 Å². The number of rotatable bonds is 3. The Bertz CT molecular complexity index is 738. The summed E-state index contributed by atoms with van der Waals surface area (Å²) in [6.07, 6.45) is 0. The highest BCUT2D eigenvalue weighted by molar-refractivity contribution is 5.87. The van der Waals surface area contributed by atoms with Gasteiger partial charge >= 0.3 is 6.61 Å². The van der Waals surface area contributed by atoms with Crippen molar-refractivity contribution in [1.82, 2.24) is 0 Å². The zero-order chi connectivity index (χ0) is 13.9. The molecule has 3 aromatic rings. The molecule has 0 atom stereocenters. The number of benzene rings is 3. The largest absolute Gasteiger partial charge is 0.435 e. The van der Waals surface area contributed by atoms with Crippen molar-refractivity contribution in [2.45, 2.75) is 6.61 Å². The fourth-order valence-corrected chi connectivity index (χ4v) is 2.22. The van der Waals surface area contributed by atoms with Crippen molar-refractivity contribution >= 4 is 10.8 Å². The standard InChI is InChI=1S/C17H12F2O/c18-17(19)20-16-7-3-6-14(11-16)15-9-8-12-4-1-2-5-13(12)10-15/h1-11,17H. The van der Waals surface area contributed by atoms with Gasteiger partial charge in [0.15, 0.2) is 0 Å². The van der Waals surface area contributed by atoms with Crippen molar-refractivity contribution in [2.75, 3.05) is 0 Å². The topological polar surface area (TPSA) is 9.23 Å². The molecule has 3 aromatic carbocycles. The van der Waals surface area contributed by atoms with E-state index in [9.17, 15) is 8.78 Å². The van der Waals surface area contributed by atoms with Gasteiger partial charge in [-0.15, -0.1) is 0 Å². The van der Waals surface area contributed by atoms with Gasteiger partial charge in [-0.25, -0.2) is 0 Å². The second-order valence-electron chi connectivity index (χ2n) is 4.47. The van der Waals surface area contributed by atoms with Gasteiger partial charge in [0, 0.05) is 0 Å². The molecule has 0 spiro atoms. The second kappa shape index (κ2) is 5.29. The van der Waals surface area contributed by atoms with E-state index in [-0.39, 0.29) is 5.75 Å². The van der Waals surface area contributed by atoms with Gasteiger partial charge in [-0.05, 0) is 40.1 Å². The quantitative estimate of drug-likeness (QED) is 0.642. The van der Waals surface area contributed by atoms with Crippen LogP contribution in [0.15, 0.2) is 66.7 Å². The van der Waals surface area contributed by atoms with Crippen LogP contribution in [0, 0.1) is 0 Å². The molecule has 3 heteroatoms. The molecule has 0 saturated carbocycles. The zero-order valence-electron chi connectivity index (χ0n) is 10.6. The van der Waals surface area contributed by atoms with Crippen molar-refractivity contribution in [3.63, 3.8) is 0 Å². The summed E-state index contributed by atoms with van der Waals surface area (Å²) in [7, 11) is 0. The molecule has 0 amide bonds. The highest BCUT2D eigenvalue weighted by Crippen LogP contribution is 2.27. The summed E-state index contributed by atoms with van der Waals surface area (Å²) in [4.78, 5) is 0. The minimum Gasteiger partial charge on any atom is -0.435 e. The molecule has 0 saturated heterocycles. The molecule has 0 aliphatic carbocycles. The molecule has 0 aromatic heterocycles. The molecule has 100 valence electrons. The van der Waals surface area contributed by atoms with E-state index in [2.05, 4.69) is 4.74 Å². The molecule has 0 radical (unpaired) electrons. The summed E-state index contributed by atoms with van der Waals surface area (Å²) < 4.78 is 28.9. The normalized spacial score (nSPS) is 10.9. The Labute approximate surface area is 115 Å². The van der Waals surface area contributed by atoms with Crippen LogP contribution in [-0.4, -0.2) is 6.61 Å². The fraction of sp³-hybridized carbons (Fsp3) is 0.0588. The van der Waals surface area contributed by atoms with E-state index >= 15 is 0 Å². The van der Waals surface area contributed by atoms with Gasteiger partial charge in [0.05, 0.1) is 0 Å². The van der Waals surface area contributed by atoms with Gasteiger partial charge in [0.25, 0.3) is 0 Å². The number of hydrogen-bond donors (Lipinski definition) is 0. The van der Waals surface area contributed by atoms with E-state index in [1.807, 2.05) is 48.5 Å². The lowest BCUT2D eigenvalue weighted by Crippen LogP contribution is -2.01. The minimum absolute atomic E-state index is 0.172. The van der Waals surface area contributed by atoms with Gasteiger partial charge in [0.1, 0.15) is 5.75 Å². The third kappa shape index (κ3) is 2.62. The molecular weight excluding hydrogens is 258 g/mol. The van der Waals surface area contributed by atoms with E-state index in [0.29, 0.717) is 0 Å². The summed E-state index contributed by atoms with van der Waals surface area (Å²) in [6.45, 7) is -2.80. The van der Waals surface area contributed by atoms with Crippen molar-refractivity contribution in [1.29, 1.82) is 0 Å². The Hall–Kier alpha value is -2.42. The first-order valence-electron chi connectivity index (χ1n) is 6.26. The third-order valence-corrected chi connectivity index (χ3v) is 3.14. The Balaban J connectivity index is 2.01. The Morgan fingerprint density at radius 1 is 0.700 bits per heavy atom. The number of fused-ring (bicyclic) bond motifs is 1. The summed E-state index contributed by atoms with van der Waals surface area (Å²) in [5, 5.41) is 2.27. The third-order valence-electron chi connectivity index (χ3n) is 3.14. The number of alkyl halides is 2. The summed E-state index contributed by atoms with van der Waals surface area (Å²) in [5.74, 6) is 0.172. The van der Waals surface area contributed by atoms with Crippen LogP contribution in [0.4, 0.5) is 8.78 Å². The first kappa shape index (κ1) is 12.6. The van der Waals surface area contributed by atoms with Gasteiger partial charge in [-0.3, -0.25) is 0 Å². The van der Waals surface area contributed by atoms with Gasteiger partial charge in [-0.2, -0.15) is 8.78 Å². The highest BCUT2D eigenvalue weighted by Gasteiger charge is 2.06. The van der Waals surface area contributed by atoms with E-state index in [1.54, 1.807) is 12.1 Å². The predicted molar refractivity (Wildman–Crippen MR) is 76.0 cm³/mol. The first-order valence-corrected chi connectivity index (χ1v) is 6.26. The van der Waals surface area contributed by atoms with Crippen LogP contribution in [0.25, 0.3) is 21.9 Å². The summed E-state index contributed by atoms with van der Waals surface area (Å²) in [5.41, 5.74) is 1.83. The lowest BCUT2D eigenvalue weighted by atomic mass is 10.0. The molecule has 20 heavy (non-hydrogen) atoms. The Morgan fingerprint density at radius 2 is 1.45 bits per heavy atom. The summed E-state index contributed by atoms with van der Waals surface area (Å²) in [6, 6.07) is 20.8. The average molecular weight is 270 g/mol. The molecular formula is C17H12F2O. The lowest BCUT2D eigenvalue weighted by Gasteiger charge is -2.08. The van der Waals surface area contributed by atoms with Crippen LogP contribution in [0.3, 0.4) is 0 Å². The maximum absolute atomic E-state index is 12.2. The zero-order valence-corrected chi connectivity index (χ0v) is 10.6. The number of hydrogen-bond acceptors (Lipinski definition) is 1. The van der Waals surface area contributed by atoms with Crippen molar-refractivity contribution in [3.8, 4) is 16.9 Å². The van der Waals surface area contributed by atoms with Crippen LogP contribution >= 0.6 is 0 Å². The summed E-state index contributed by atoms with van der Waals surface area (Å²) >= 11 is 0. The van der Waals surface area contributed by atoms with Gasteiger partial charge < -0.3 is 4.74 Å². The molecule has 0 N–H and O–H groups in total. The van der Waals surface area contributed by atoms with Crippen LogP contribution in [-0.2, 0) is 0 Å². The lowest BCUT2D eigenvalue weighted by molar-refractivity contribution is -0.0498. The second-order valence-corrected chi connectivity index (χ2v) is 4.47. The van der Waals surface area contributed by atoms with Crippen LogP contribution < -0.4 is 4.74 Å². The van der Waals surface area contributed by atoms with E-state index < -0.39 is 6.61 Å². The van der Waals surface area contributed by atoms with Crippen molar-refractivity contribution < 1.29 is 13.5 Å². The smallest absolute Gasteiger partial charge is 0.387 e. The van der Waals surface area contributed by atoms with Crippen molar-refractivity contribution in [2.24, 2.45) is 0 Å². The molecule has 0 aliphatic rings. The molecule has 0 heterocycles. The van der Waals surface area contributed by atoms with Gasteiger partial charge in [0.2, 0.25) is 0 Å². The number of halogens is 2. The van der Waals surface area contributed by atoms with Crippen LogP contribution in [0.5, 0.6) is 5.75 Å². The van der Waals surface area contributed by atoms with E-state index in [4.69, 9.17) is 0 Å². The van der Waals surface area contributed by atoms with Gasteiger partial charge in [-0.1, -0.05) is 48.5 Å². The predicted octanol–water partition coefficient (Wildman–Crippen LogP) is 5.11. The molecule has 3 rings (SSSR count). The fourth-order valence-electron chi connectivity index (χ4n) is 2.22. The highest BCUT2D eigenvalue weighted by atomic mass is 19.3. The molecule has 0 unspecified atom stereocenters. The SMILES string of the molecule is FC(F)Oc1cccc(-c2ccc3ccccc3c2)c1.